The van der Waals surface area contributed by atoms with Crippen LogP contribution in [0.5, 0.6) is 0 Å². The summed E-state index contributed by atoms with van der Waals surface area (Å²) in [5, 5.41) is 3.46. The second kappa shape index (κ2) is 5.54. The van der Waals surface area contributed by atoms with Gasteiger partial charge in [-0.05, 0) is 48.4 Å². The number of pyridine rings is 1. The van der Waals surface area contributed by atoms with Crippen molar-refractivity contribution in [3.8, 4) is 0 Å². The van der Waals surface area contributed by atoms with Crippen LogP contribution >= 0.6 is 0 Å². The third-order valence-corrected chi connectivity index (χ3v) is 3.77. The highest BCUT2D eigenvalue weighted by molar-refractivity contribution is 5.28. The Morgan fingerprint density at radius 3 is 2.58 bits per heavy atom. The zero-order valence-electron chi connectivity index (χ0n) is 11.4. The molecule has 0 atom stereocenters. The summed E-state index contributed by atoms with van der Waals surface area (Å²) in [4.78, 5) is 4.39. The van der Waals surface area contributed by atoms with Gasteiger partial charge in [0.15, 0.2) is 0 Å². The Balaban J connectivity index is 1.53. The molecule has 3 rings (SSSR count). The first kappa shape index (κ1) is 12.4. The van der Waals surface area contributed by atoms with Gasteiger partial charge in [0, 0.05) is 19.3 Å². The molecule has 0 bridgehead atoms. The molecule has 1 saturated carbocycles. The maximum atomic E-state index is 4.39. The minimum atomic E-state index is 0.830. The highest BCUT2D eigenvalue weighted by Crippen LogP contribution is 2.39. The van der Waals surface area contributed by atoms with Crippen LogP contribution in [0.2, 0.25) is 0 Å². The molecule has 98 valence electrons. The number of hydrogen-bond acceptors (Lipinski definition) is 2. The summed E-state index contributed by atoms with van der Waals surface area (Å²) in [5.41, 5.74) is 5.23. The van der Waals surface area contributed by atoms with Crippen molar-refractivity contribution in [1.82, 2.24) is 10.3 Å². The largest absolute Gasteiger partial charge is 0.307 e. The van der Waals surface area contributed by atoms with E-state index in [2.05, 4.69) is 47.6 Å². The van der Waals surface area contributed by atoms with Gasteiger partial charge in [-0.1, -0.05) is 30.3 Å². The highest BCUT2D eigenvalue weighted by Gasteiger charge is 2.22. The van der Waals surface area contributed by atoms with E-state index in [0.29, 0.717) is 0 Å². The van der Waals surface area contributed by atoms with Gasteiger partial charge in [0.1, 0.15) is 0 Å². The van der Waals surface area contributed by atoms with Crippen LogP contribution in [0.25, 0.3) is 0 Å². The van der Waals surface area contributed by atoms with Gasteiger partial charge in [-0.25, -0.2) is 0 Å². The molecule has 0 saturated heterocycles. The Morgan fingerprint density at radius 1 is 1.11 bits per heavy atom. The normalized spacial score (nSPS) is 14.6. The van der Waals surface area contributed by atoms with Crippen molar-refractivity contribution < 1.29 is 0 Å². The van der Waals surface area contributed by atoms with Crippen LogP contribution < -0.4 is 5.32 Å². The molecule has 1 heterocycles. The lowest BCUT2D eigenvalue weighted by molar-refractivity contribution is 0.676. The summed E-state index contributed by atoms with van der Waals surface area (Å²) in [6.45, 7) is 3.84. The topological polar surface area (TPSA) is 24.9 Å². The van der Waals surface area contributed by atoms with E-state index in [1.54, 1.807) is 0 Å². The second-order valence-electron chi connectivity index (χ2n) is 5.39. The predicted molar refractivity (Wildman–Crippen MR) is 77.9 cm³/mol. The molecule has 0 unspecified atom stereocenters. The van der Waals surface area contributed by atoms with E-state index in [1.807, 2.05) is 12.3 Å². The summed E-state index contributed by atoms with van der Waals surface area (Å²) < 4.78 is 0. The zero-order chi connectivity index (χ0) is 13.1. The minimum Gasteiger partial charge on any atom is -0.307 e. The van der Waals surface area contributed by atoms with Gasteiger partial charge < -0.3 is 5.32 Å². The number of rotatable bonds is 5. The summed E-state index contributed by atoms with van der Waals surface area (Å²) in [6.07, 6.45) is 4.60. The lowest BCUT2D eigenvalue weighted by Gasteiger charge is -2.07. The van der Waals surface area contributed by atoms with E-state index < -0.39 is 0 Å². The average molecular weight is 252 g/mol. The van der Waals surface area contributed by atoms with E-state index in [1.165, 1.54) is 29.5 Å². The minimum absolute atomic E-state index is 0.830. The molecule has 2 heteroatoms. The first-order valence-corrected chi connectivity index (χ1v) is 7.03. The van der Waals surface area contributed by atoms with E-state index in [4.69, 9.17) is 0 Å². The van der Waals surface area contributed by atoms with Crippen LogP contribution in [0.3, 0.4) is 0 Å². The van der Waals surface area contributed by atoms with Gasteiger partial charge >= 0.3 is 0 Å². The lowest BCUT2D eigenvalue weighted by atomic mass is 10.1. The van der Waals surface area contributed by atoms with Gasteiger partial charge in [-0.2, -0.15) is 0 Å². The number of nitrogens with one attached hydrogen (secondary N) is 1. The van der Waals surface area contributed by atoms with Crippen molar-refractivity contribution >= 4 is 0 Å². The SMILES string of the molecule is Cc1cccnc1CNCc1ccc(C2CC2)cc1. The fourth-order valence-corrected chi connectivity index (χ4v) is 2.35. The lowest BCUT2D eigenvalue weighted by Crippen LogP contribution is -2.14. The van der Waals surface area contributed by atoms with E-state index in [9.17, 15) is 0 Å². The third kappa shape index (κ3) is 3.21. The average Bonchev–Trinajstić information content (AvgIpc) is 3.26. The van der Waals surface area contributed by atoms with Crippen molar-refractivity contribution in [2.75, 3.05) is 0 Å². The zero-order valence-corrected chi connectivity index (χ0v) is 11.4. The van der Waals surface area contributed by atoms with Gasteiger partial charge in [-0.15, -0.1) is 0 Å². The third-order valence-electron chi connectivity index (χ3n) is 3.77. The molecular weight excluding hydrogens is 232 g/mol. The summed E-state index contributed by atoms with van der Waals surface area (Å²) in [5.74, 6) is 0.846. The molecule has 1 aromatic carbocycles. The predicted octanol–water partition coefficient (Wildman–Crippen LogP) is 3.56. The summed E-state index contributed by atoms with van der Waals surface area (Å²) in [7, 11) is 0. The van der Waals surface area contributed by atoms with Crippen LogP contribution in [-0.4, -0.2) is 4.98 Å². The van der Waals surface area contributed by atoms with Gasteiger partial charge in [-0.3, -0.25) is 4.98 Å². The fourth-order valence-electron chi connectivity index (χ4n) is 2.35. The van der Waals surface area contributed by atoms with Crippen LogP contribution in [0.1, 0.15) is 41.1 Å². The Labute approximate surface area is 114 Å². The van der Waals surface area contributed by atoms with Crippen molar-refractivity contribution in [3.63, 3.8) is 0 Å². The van der Waals surface area contributed by atoms with E-state index in [-0.39, 0.29) is 0 Å². The maximum Gasteiger partial charge on any atom is 0.0570 e. The number of hydrogen-bond donors (Lipinski definition) is 1. The molecule has 19 heavy (non-hydrogen) atoms. The van der Waals surface area contributed by atoms with E-state index >= 15 is 0 Å². The quantitative estimate of drug-likeness (QED) is 0.880. The highest BCUT2D eigenvalue weighted by atomic mass is 14.9. The number of aromatic nitrogens is 1. The molecule has 1 N–H and O–H groups in total. The van der Waals surface area contributed by atoms with Crippen LogP contribution in [0, 0.1) is 6.92 Å². The van der Waals surface area contributed by atoms with Gasteiger partial charge in [0.25, 0.3) is 0 Å². The van der Waals surface area contributed by atoms with Gasteiger partial charge in [0.05, 0.1) is 5.69 Å². The Hall–Kier alpha value is -1.67. The van der Waals surface area contributed by atoms with Crippen molar-refractivity contribution in [3.05, 3.63) is 65.0 Å². The molecule has 0 amide bonds. The first-order chi connectivity index (χ1) is 9.33. The number of aryl methyl sites for hydroxylation is 1. The molecule has 2 nitrogen and oxygen atoms in total. The van der Waals surface area contributed by atoms with Crippen LogP contribution in [-0.2, 0) is 13.1 Å². The van der Waals surface area contributed by atoms with Crippen LogP contribution in [0.4, 0.5) is 0 Å². The summed E-state index contributed by atoms with van der Waals surface area (Å²) in [6, 6.07) is 13.1. The molecule has 0 aliphatic heterocycles. The molecule has 1 aliphatic carbocycles. The molecule has 0 spiro atoms. The van der Waals surface area contributed by atoms with Crippen molar-refractivity contribution in [1.29, 1.82) is 0 Å². The molecule has 0 radical (unpaired) electrons. The Bertz CT molecular complexity index is 541. The second-order valence-corrected chi connectivity index (χ2v) is 5.39. The Kier molecular flexibility index (Phi) is 3.60. The molecule has 1 aromatic heterocycles. The fraction of sp³-hybridized carbons (Fsp3) is 0.353. The molecule has 1 fully saturated rings. The number of nitrogens with zero attached hydrogens (tertiary/aromatic N) is 1. The molecule has 2 aromatic rings. The monoisotopic (exact) mass is 252 g/mol. The van der Waals surface area contributed by atoms with Crippen molar-refractivity contribution in [2.24, 2.45) is 0 Å². The first-order valence-electron chi connectivity index (χ1n) is 7.03. The van der Waals surface area contributed by atoms with Crippen LogP contribution in [0.15, 0.2) is 42.6 Å². The molecule has 1 aliphatic rings. The Morgan fingerprint density at radius 2 is 1.89 bits per heavy atom. The number of benzene rings is 1. The van der Waals surface area contributed by atoms with Crippen molar-refractivity contribution in [2.45, 2.75) is 38.8 Å². The molecular formula is C17H20N2. The smallest absolute Gasteiger partial charge is 0.0570 e. The summed E-state index contributed by atoms with van der Waals surface area (Å²) >= 11 is 0. The van der Waals surface area contributed by atoms with E-state index in [0.717, 1.165) is 24.7 Å². The maximum absolute atomic E-state index is 4.39. The standard InChI is InChI=1S/C17H20N2/c1-13-3-2-10-19-17(13)12-18-11-14-4-6-15(7-5-14)16-8-9-16/h2-7,10,16,18H,8-9,11-12H2,1H3. The van der Waals surface area contributed by atoms with Gasteiger partial charge in [0.2, 0.25) is 0 Å².